The Morgan fingerprint density at radius 3 is 2.68 bits per heavy atom. The fourth-order valence-corrected chi connectivity index (χ4v) is 3.50. The lowest BCUT2D eigenvalue weighted by Gasteiger charge is -2.03. The minimum atomic E-state index is 0.504. The van der Waals surface area contributed by atoms with Crippen molar-refractivity contribution in [2.45, 2.75) is 0 Å². The van der Waals surface area contributed by atoms with Gasteiger partial charge in [-0.15, -0.1) is 11.3 Å². The summed E-state index contributed by atoms with van der Waals surface area (Å²) < 4.78 is 6.26. The first kappa shape index (κ1) is 17.5. The van der Waals surface area contributed by atoms with Crippen molar-refractivity contribution in [1.29, 1.82) is 5.26 Å². The third-order valence-corrected chi connectivity index (χ3v) is 5.30. The van der Waals surface area contributed by atoms with E-state index in [1.165, 1.54) is 11.3 Å². The van der Waals surface area contributed by atoms with Gasteiger partial charge in [0.15, 0.2) is 0 Å². The molecule has 0 aliphatic rings. The molecule has 0 unspecified atom stereocenters. The fraction of sp³-hybridized carbons (Fsp3) is 0.0526. The number of hydrogen-bond acceptors (Lipinski definition) is 5. The molecule has 2 aromatic carbocycles. The minimum Gasteiger partial charge on any atom is -0.497 e. The molecule has 0 amide bonds. The van der Waals surface area contributed by atoms with E-state index in [9.17, 15) is 5.26 Å². The van der Waals surface area contributed by atoms with E-state index < -0.39 is 0 Å². The topological polar surface area (TPSA) is 57.9 Å². The Kier molecular flexibility index (Phi) is 5.68. The molecule has 4 nitrogen and oxygen atoms in total. The molecule has 25 heavy (non-hydrogen) atoms. The van der Waals surface area contributed by atoms with Crippen LogP contribution in [0.2, 0.25) is 0 Å². The van der Waals surface area contributed by atoms with E-state index in [0.29, 0.717) is 10.6 Å². The minimum absolute atomic E-state index is 0.504. The van der Waals surface area contributed by atoms with Crippen molar-refractivity contribution in [3.05, 3.63) is 68.7 Å². The molecule has 1 N–H and O–H groups in total. The average molecular weight is 459 g/mol. The number of ether oxygens (including phenoxy) is 1. The standard InChI is InChI=1S/C19H14IN3OS/c1-24-15-8-6-13(7-9-15)18-12-25-19(23-18)14(10-21)11-22-17-5-3-2-4-16(17)20/h2-9,11-12,22H,1H3/b14-11-. The maximum absolute atomic E-state index is 9.46. The van der Waals surface area contributed by atoms with Crippen LogP contribution >= 0.6 is 33.9 Å². The molecule has 0 saturated carbocycles. The molecular formula is C19H14IN3OS. The molecule has 3 rings (SSSR count). The van der Waals surface area contributed by atoms with Crippen molar-refractivity contribution >= 4 is 45.2 Å². The zero-order valence-electron chi connectivity index (χ0n) is 13.4. The highest BCUT2D eigenvalue weighted by molar-refractivity contribution is 14.1. The van der Waals surface area contributed by atoms with Crippen molar-refractivity contribution in [2.24, 2.45) is 0 Å². The van der Waals surface area contributed by atoms with Crippen LogP contribution in [0.4, 0.5) is 5.69 Å². The van der Waals surface area contributed by atoms with Gasteiger partial charge in [0.05, 0.1) is 18.5 Å². The Labute approximate surface area is 163 Å². The third kappa shape index (κ3) is 4.18. The molecule has 0 atom stereocenters. The number of anilines is 1. The zero-order valence-corrected chi connectivity index (χ0v) is 16.3. The van der Waals surface area contributed by atoms with Gasteiger partial charge in [-0.25, -0.2) is 4.98 Å². The summed E-state index contributed by atoms with van der Waals surface area (Å²) in [5, 5.41) is 15.3. The number of halogens is 1. The summed E-state index contributed by atoms with van der Waals surface area (Å²) in [5.41, 5.74) is 3.30. The number of allylic oxidation sites excluding steroid dienone is 1. The highest BCUT2D eigenvalue weighted by atomic mass is 127. The van der Waals surface area contributed by atoms with Crippen LogP contribution in [0.25, 0.3) is 16.8 Å². The summed E-state index contributed by atoms with van der Waals surface area (Å²) in [7, 11) is 1.64. The molecule has 3 aromatic rings. The van der Waals surface area contributed by atoms with Crippen LogP contribution < -0.4 is 10.1 Å². The van der Waals surface area contributed by atoms with Crippen molar-refractivity contribution in [3.63, 3.8) is 0 Å². The fourth-order valence-electron chi connectivity index (χ4n) is 2.16. The average Bonchev–Trinajstić information content (AvgIpc) is 3.14. The van der Waals surface area contributed by atoms with Crippen molar-refractivity contribution in [1.82, 2.24) is 4.98 Å². The highest BCUT2D eigenvalue weighted by Gasteiger charge is 2.09. The van der Waals surface area contributed by atoms with Crippen LogP contribution in [0, 0.1) is 14.9 Å². The number of rotatable bonds is 5. The number of hydrogen-bond donors (Lipinski definition) is 1. The summed E-state index contributed by atoms with van der Waals surface area (Å²) in [6, 6.07) is 17.8. The van der Waals surface area contributed by atoms with Crippen LogP contribution in [-0.2, 0) is 0 Å². The van der Waals surface area contributed by atoms with Gasteiger partial charge >= 0.3 is 0 Å². The Balaban J connectivity index is 1.82. The maximum Gasteiger partial charge on any atom is 0.136 e. The number of nitrogens with zero attached hydrogens (tertiary/aromatic N) is 2. The lowest BCUT2D eigenvalue weighted by molar-refractivity contribution is 0.415. The molecular weight excluding hydrogens is 445 g/mol. The lowest BCUT2D eigenvalue weighted by Crippen LogP contribution is -1.93. The Hall–Kier alpha value is -2.37. The van der Waals surface area contributed by atoms with Crippen LogP contribution in [-0.4, -0.2) is 12.1 Å². The van der Waals surface area contributed by atoms with Crippen molar-refractivity contribution < 1.29 is 4.74 Å². The predicted molar refractivity (Wildman–Crippen MR) is 110 cm³/mol. The Bertz CT molecular complexity index is 942. The SMILES string of the molecule is COc1ccc(-c2csc(/C(C#N)=C\Nc3ccccc3I)n2)cc1. The second-order valence-electron chi connectivity index (χ2n) is 5.06. The molecule has 0 aliphatic carbocycles. The number of para-hydroxylation sites is 1. The van der Waals surface area contributed by atoms with Gasteiger partial charge in [0.25, 0.3) is 0 Å². The second-order valence-corrected chi connectivity index (χ2v) is 7.08. The lowest BCUT2D eigenvalue weighted by atomic mass is 10.2. The number of nitriles is 1. The van der Waals surface area contributed by atoms with E-state index in [1.807, 2.05) is 53.9 Å². The maximum atomic E-state index is 9.46. The first-order chi connectivity index (χ1) is 12.2. The molecule has 0 radical (unpaired) electrons. The van der Waals surface area contributed by atoms with Gasteiger partial charge in [-0.05, 0) is 59.0 Å². The zero-order chi connectivity index (χ0) is 17.6. The summed E-state index contributed by atoms with van der Waals surface area (Å²) in [4.78, 5) is 4.59. The summed E-state index contributed by atoms with van der Waals surface area (Å²) in [6.07, 6.45) is 1.70. The number of nitrogens with one attached hydrogen (secondary N) is 1. The normalized spacial score (nSPS) is 11.0. The van der Waals surface area contributed by atoms with E-state index in [-0.39, 0.29) is 0 Å². The van der Waals surface area contributed by atoms with Crippen molar-refractivity contribution in [2.75, 3.05) is 12.4 Å². The van der Waals surface area contributed by atoms with Gasteiger partial charge < -0.3 is 10.1 Å². The van der Waals surface area contributed by atoms with Gasteiger partial charge in [0, 0.05) is 20.7 Å². The second kappa shape index (κ2) is 8.14. The summed E-state index contributed by atoms with van der Waals surface area (Å²) in [6.45, 7) is 0. The van der Waals surface area contributed by atoms with E-state index in [1.54, 1.807) is 13.3 Å². The largest absolute Gasteiger partial charge is 0.497 e. The van der Waals surface area contributed by atoms with Gasteiger partial charge in [0.2, 0.25) is 0 Å². The number of methoxy groups -OCH3 is 1. The first-order valence-electron chi connectivity index (χ1n) is 7.43. The number of thiazole rings is 1. The van der Waals surface area contributed by atoms with Crippen LogP contribution in [0.5, 0.6) is 5.75 Å². The van der Waals surface area contributed by atoms with E-state index in [0.717, 1.165) is 26.3 Å². The van der Waals surface area contributed by atoms with Crippen LogP contribution in [0.3, 0.4) is 0 Å². The third-order valence-electron chi connectivity index (χ3n) is 3.49. The summed E-state index contributed by atoms with van der Waals surface area (Å²) in [5.74, 6) is 0.804. The van der Waals surface area contributed by atoms with Gasteiger partial charge in [-0.2, -0.15) is 5.26 Å². The molecule has 124 valence electrons. The van der Waals surface area contributed by atoms with Gasteiger partial charge in [0.1, 0.15) is 22.4 Å². The smallest absolute Gasteiger partial charge is 0.136 e. The quantitative estimate of drug-likeness (QED) is 0.410. The van der Waals surface area contributed by atoms with E-state index in [2.05, 4.69) is 39.0 Å². The number of aromatic nitrogens is 1. The molecule has 6 heteroatoms. The van der Waals surface area contributed by atoms with Crippen LogP contribution in [0.15, 0.2) is 60.1 Å². The Morgan fingerprint density at radius 1 is 1.24 bits per heavy atom. The number of benzene rings is 2. The van der Waals surface area contributed by atoms with E-state index >= 15 is 0 Å². The molecule has 0 fully saturated rings. The van der Waals surface area contributed by atoms with Gasteiger partial charge in [-0.3, -0.25) is 0 Å². The Morgan fingerprint density at radius 2 is 2.00 bits per heavy atom. The predicted octanol–water partition coefficient (Wildman–Crippen LogP) is 5.40. The van der Waals surface area contributed by atoms with E-state index in [4.69, 9.17) is 4.74 Å². The molecule has 1 heterocycles. The molecule has 0 saturated heterocycles. The molecule has 1 aromatic heterocycles. The molecule has 0 spiro atoms. The van der Waals surface area contributed by atoms with Gasteiger partial charge in [-0.1, -0.05) is 12.1 Å². The first-order valence-corrected chi connectivity index (χ1v) is 9.39. The summed E-state index contributed by atoms with van der Waals surface area (Å²) >= 11 is 3.70. The molecule has 0 aliphatic heterocycles. The van der Waals surface area contributed by atoms with Crippen LogP contribution in [0.1, 0.15) is 5.01 Å². The highest BCUT2D eigenvalue weighted by Crippen LogP contribution is 2.27. The molecule has 0 bridgehead atoms. The monoisotopic (exact) mass is 459 g/mol. The van der Waals surface area contributed by atoms with Crippen molar-refractivity contribution in [3.8, 4) is 23.1 Å².